The van der Waals surface area contributed by atoms with E-state index >= 15 is 0 Å². The zero-order valence-corrected chi connectivity index (χ0v) is 12.8. The minimum absolute atomic E-state index is 0.158. The zero-order valence-electron chi connectivity index (χ0n) is 12.8. The van der Waals surface area contributed by atoms with Crippen LogP contribution in [0.25, 0.3) is 0 Å². The Kier molecular flexibility index (Phi) is 3.25. The quantitative estimate of drug-likeness (QED) is 0.945. The number of rotatable bonds is 3. The van der Waals surface area contributed by atoms with Crippen molar-refractivity contribution in [3.63, 3.8) is 0 Å². The van der Waals surface area contributed by atoms with Crippen molar-refractivity contribution >= 4 is 5.91 Å². The summed E-state index contributed by atoms with van der Waals surface area (Å²) in [5.74, 6) is 1.92. The Morgan fingerprint density at radius 2 is 2.32 bits per heavy atom. The maximum absolute atomic E-state index is 12.5. The summed E-state index contributed by atoms with van der Waals surface area (Å²) in [4.78, 5) is 16.8. The molecule has 2 aromatic rings. The van der Waals surface area contributed by atoms with E-state index in [1.807, 2.05) is 12.4 Å². The van der Waals surface area contributed by atoms with Crippen molar-refractivity contribution < 1.29 is 4.79 Å². The van der Waals surface area contributed by atoms with Crippen molar-refractivity contribution in [3.8, 4) is 0 Å². The number of aryl methyl sites for hydroxylation is 2. The van der Waals surface area contributed by atoms with Crippen LogP contribution in [0.3, 0.4) is 0 Å². The molecule has 1 saturated carbocycles. The molecular formula is C18H21N3O. The summed E-state index contributed by atoms with van der Waals surface area (Å²) in [5, 5.41) is 3.24. The van der Waals surface area contributed by atoms with E-state index in [0.29, 0.717) is 5.92 Å². The molecule has 22 heavy (non-hydrogen) atoms. The number of benzene rings is 1. The minimum Gasteiger partial charge on any atom is -0.351 e. The average molecular weight is 295 g/mol. The molecule has 1 aliphatic heterocycles. The van der Waals surface area contributed by atoms with Gasteiger partial charge in [0.2, 0.25) is 5.91 Å². The molecule has 0 spiro atoms. The van der Waals surface area contributed by atoms with Gasteiger partial charge in [-0.25, -0.2) is 4.98 Å². The number of imidazole rings is 1. The lowest BCUT2D eigenvalue weighted by Gasteiger charge is -2.24. The van der Waals surface area contributed by atoms with Gasteiger partial charge in [0.05, 0.1) is 0 Å². The summed E-state index contributed by atoms with van der Waals surface area (Å²) in [6.45, 7) is 2.95. The molecule has 0 unspecified atom stereocenters. The SMILES string of the molecule is Cc1cccc([C@@H]2C[C@@H]2C(=O)N[C@H]2CCc3nccn3C2)c1. The molecule has 1 N–H and O–H groups in total. The average Bonchev–Trinajstić information content (AvgIpc) is 3.18. The number of aromatic nitrogens is 2. The lowest BCUT2D eigenvalue weighted by molar-refractivity contribution is -0.123. The Bertz CT molecular complexity index is 706. The van der Waals surface area contributed by atoms with Gasteiger partial charge in [0.1, 0.15) is 5.82 Å². The third-order valence-corrected chi connectivity index (χ3v) is 4.88. The third kappa shape index (κ3) is 2.54. The van der Waals surface area contributed by atoms with E-state index in [0.717, 1.165) is 31.6 Å². The van der Waals surface area contributed by atoms with Crippen LogP contribution in [0.5, 0.6) is 0 Å². The molecular weight excluding hydrogens is 274 g/mol. The molecule has 0 radical (unpaired) electrons. The largest absolute Gasteiger partial charge is 0.351 e. The number of fused-ring (bicyclic) bond motifs is 1. The molecule has 1 aromatic carbocycles. The van der Waals surface area contributed by atoms with Crippen LogP contribution in [0.2, 0.25) is 0 Å². The molecule has 0 saturated heterocycles. The second-order valence-electron chi connectivity index (χ2n) is 6.60. The predicted molar refractivity (Wildman–Crippen MR) is 84.5 cm³/mol. The van der Waals surface area contributed by atoms with Gasteiger partial charge in [0, 0.05) is 37.3 Å². The normalized spacial score (nSPS) is 26.3. The highest BCUT2D eigenvalue weighted by Crippen LogP contribution is 2.47. The molecule has 4 rings (SSSR count). The first-order valence-corrected chi connectivity index (χ1v) is 8.07. The Labute approximate surface area is 130 Å². The summed E-state index contributed by atoms with van der Waals surface area (Å²) < 4.78 is 2.15. The number of nitrogens with zero attached hydrogens (tertiary/aromatic N) is 2. The van der Waals surface area contributed by atoms with Gasteiger partial charge in [0.25, 0.3) is 0 Å². The lowest BCUT2D eigenvalue weighted by Crippen LogP contribution is -2.41. The Hall–Kier alpha value is -2.10. The molecule has 2 heterocycles. The molecule has 3 atom stereocenters. The van der Waals surface area contributed by atoms with E-state index in [-0.39, 0.29) is 17.9 Å². The fourth-order valence-corrected chi connectivity index (χ4v) is 3.55. The summed E-state index contributed by atoms with van der Waals surface area (Å²) in [7, 11) is 0. The van der Waals surface area contributed by atoms with Crippen molar-refractivity contribution in [1.82, 2.24) is 14.9 Å². The highest BCUT2D eigenvalue weighted by Gasteiger charge is 2.44. The summed E-state index contributed by atoms with van der Waals surface area (Å²) in [6.07, 6.45) is 6.77. The molecule has 1 fully saturated rings. The van der Waals surface area contributed by atoms with Crippen LogP contribution in [-0.4, -0.2) is 21.5 Å². The Morgan fingerprint density at radius 1 is 1.41 bits per heavy atom. The van der Waals surface area contributed by atoms with E-state index in [9.17, 15) is 4.79 Å². The molecule has 4 nitrogen and oxygen atoms in total. The van der Waals surface area contributed by atoms with Gasteiger partial charge in [-0.2, -0.15) is 0 Å². The first kappa shape index (κ1) is 13.6. The van der Waals surface area contributed by atoms with E-state index in [1.54, 1.807) is 0 Å². The van der Waals surface area contributed by atoms with Gasteiger partial charge in [0.15, 0.2) is 0 Å². The van der Waals surface area contributed by atoms with Gasteiger partial charge < -0.3 is 9.88 Å². The first-order chi connectivity index (χ1) is 10.7. The third-order valence-electron chi connectivity index (χ3n) is 4.88. The standard InChI is InChI=1S/C18H21N3O/c1-12-3-2-4-13(9-12)15-10-16(15)18(22)20-14-5-6-17-19-7-8-21(17)11-14/h2-4,7-9,14-16H,5-6,10-11H2,1H3,(H,20,22)/t14-,15-,16-/m0/s1. The molecule has 1 amide bonds. The highest BCUT2D eigenvalue weighted by atomic mass is 16.2. The monoisotopic (exact) mass is 295 g/mol. The van der Waals surface area contributed by atoms with Crippen molar-refractivity contribution in [2.75, 3.05) is 0 Å². The summed E-state index contributed by atoms with van der Waals surface area (Å²) in [5.41, 5.74) is 2.57. The smallest absolute Gasteiger partial charge is 0.224 e. The molecule has 4 heteroatoms. The number of carbonyl (C=O) groups is 1. The number of carbonyl (C=O) groups excluding carboxylic acids is 1. The first-order valence-electron chi connectivity index (χ1n) is 8.07. The summed E-state index contributed by atoms with van der Waals surface area (Å²) in [6, 6.07) is 8.78. The van der Waals surface area contributed by atoms with Crippen LogP contribution in [0.1, 0.15) is 35.7 Å². The van der Waals surface area contributed by atoms with Gasteiger partial charge in [-0.15, -0.1) is 0 Å². The molecule has 2 aliphatic rings. The van der Waals surface area contributed by atoms with Crippen molar-refractivity contribution in [3.05, 3.63) is 53.6 Å². The fraction of sp³-hybridized carbons (Fsp3) is 0.444. The topological polar surface area (TPSA) is 46.9 Å². The van der Waals surface area contributed by atoms with E-state index in [2.05, 4.69) is 46.1 Å². The fourth-order valence-electron chi connectivity index (χ4n) is 3.55. The van der Waals surface area contributed by atoms with Crippen LogP contribution in [0, 0.1) is 12.8 Å². The zero-order chi connectivity index (χ0) is 15.1. The maximum Gasteiger partial charge on any atom is 0.224 e. The molecule has 114 valence electrons. The van der Waals surface area contributed by atoms with Crippen LogP contribution < -0.4 is 5.32 Å². The van der Waals surface area contributed by atoms with E-state index in [1.165, 1.54) is 11.1 Å². The van der Waals surface area contributed by atoms with Crippen LogP contribution in [0.4, 0.5) is 0 Å². The number of amides is 1. The Morgan fingerprint density at radius 3 is 3.18 bits per heavy atom. The van der Waals surface area contributed by atoms with Crippen molar-refractivity contribution in [2.45, 2.75) is 44.7 Å². The second-order valence-corrected chi connectivity index (χ2v) is 6.60. The van der Waals surface area contributed by atoms with Crippen molar-refractivity contribution in [2.24, 2.45) is 5.92 Å². The lowest BCUT2D eigenvalue weighted by atomic mass is 10.0. The number of hydrogen-bond donors (Lipinski definition) is 1. The van der Waals surface area contributed by atoms with Crippen LogP contribution in [0.15, 0.2) is 36.7 Å². The van der Waals surface area contributed by atoms with Crippen LogP contribution >= 0.6 is 0 Å². The predicted octanol–water partition coefficient (Wildman–Crippen LogP) is 2.43. The number of hydrogen-bond acceptors (Lipinski definition) is 2. The number of nitrogens with one attached hydrogen (secondary N) is 1. The Balaban J connectivity index is 1.36. The highest BCUT2D eigenvalue weighted by molar-refractivity contribution is 5.83. The van der Waals surface area contributed by atoms with Gasteiger partial charge in [-0.3, -0.25) is 4.79 Å². The van der Waals surface area contributed by atoms with E-state index < -0.39 is 0 Å². The second kappa shape index (κ2) is 5.27. The van der Waals surface area contributed by atoms with E-state index in [4.69, 9.17) is 0 Å². The molecule has 0 bridgehead atoms. The van der Waals surface area contributed by atoms with Crippen LogP contribution in [-0.2, 0) is 17.8 Å². The summed E-state index contributed by atoms with van der Waals surface area (Å²) >= 11 is 0. The molecule has 1 aliphatic carbocycles. The molecule has 1 aromatic heterocycles. The van der Waals surface area contributed by atoms with Gasteiger partial charge in [-0.05, 0) is 31.2 Å². The van der Waals surface area contributed by atoms with Gasteiger partial charge >= 0.3 is 0 Å². The maximum atomic E-state index is 12.5. The van der Waals surface area contributed by atoms with Gasteiger partial charge in [-0.1, -0.05) is 29.8 Å². The minimum atomic E-state index is 0.158. The van der Waals surface area contributed by atoms with Crippen molar-refractivity contribution in [1.29, 1.82) is 0 Å².